The molecule has 0 saturated carbocycles. The number of oxazole rings is 1. The van der Waals surface area contributed by atoms with Gasteiger partial charge in [-0.15, -0.1) is 0 Å². The average Bonchev–Trinajstić information content (AvgIpc) is 2.81. The molecule has 0 bridgehead atoms. The number of fused-ring (bicyclic) bond motifs is 1. The first-order valence-corrected chi connectivity index (χ1v) is 6.30. The second-order valence-electron chi connectivity index (χ2n) is 4.91. The van der Waals surface area contributed by atoms with Crippen LogP contribution in [0.4, 0.5) is 4.39 Å². The van der Waals surface area contributed by atoms with Crippen molar-refractivity contribution in [2.75, 3.05) is 0 Å². The summed E-state index contributed by atoms with van der Waals surface area (Å²) in [5.41, 5.74) is 3.41. The molecule has 3 heteroatoms. The van der Waals surface area contributed by atoms with Crippen molar-refractivity contribution in [3.63, 3.8) is 0 Å². The highest BCUT2D eigenvalue weighted by Gasteiger charge is 2.10. The zero-order valence-corrected chi connectivity index (χ0v) is 10.9. The average molecular weight is 255 g/mol. The van der Waals surface area contributed by atoms with Crippen LogP contribution < -0.4 is 0 Å². The minimum absolute atomic E-state index is 0.289. The number of benzene rings is 2. The summed E-state index contributed by atoms with van der Waals surface area (Å²) in [6.45, 7) is 4.27. The number of halogens is 1. The van der Waals surface area contributed by atoms with Crippen LogP contribution in [-0.4, -0.2) is 4.98 Å². The van der Waals surface area contributed by atoms with Crippen molar-refractivity contribution in [3.8, 4) is 11.5 Å². The van der Waals surface area contributed by atoms with E-state index < -0.39 is 0 Å². The Bertz CT molecular complexity index is 730. The molecule has 1 heterocycles. The van der Waals surface area contributed by atoms with Gasteiger partial charge in [-0.05, 0) is 41.8 Å². The van der Waals surface area contributed by atoms with Crippen LogP contribution >= 0.6 is 0 Å². The number of nitrogens with zero attached hydrogens (tertiary/aromatic N) is 1. The van der Waals surface area contributed by atoms with E-state index in [4.69, 9.17) is 4.42 Å². The maximum atomic E-state index is 13.2. The maximum absolute atomic E-state index is 13.2. The minimum atomic E-state index is -0.289. The molecule has 0 saturated heterocycles. The first kappa shape index (κ1) is 11.9. The maximum Gasteiger partial charge on any atom is 0.227 e. The van der Waals surface area contributed by atoms with E-state index in [0.717, 1.165) is 11.1 Å². The SMILES string of the molecule is CC(C)c1ccc2oc(-c3cccc(F)c3)nc2c1. The number of hydrogen-bond donors (Lipinski definition) is 0. The molecule has 0 unspecified atom stereocenters. The van der Waals surface area contributed by atoms with E-state index in [9.17, 15) is 4.39 Å². The van der Waals surface area contributed by atoms with Crippen LogP contribution in [0, 0.1) is 5.82 Å². The molecule has 0 N–H and O–H groups in total. The fourth-order valence-electron chi connectivity index (χ4n) is 2.05. The second-order valence-corrected chi connectivity index (χ2v) is 4.91. The zero-order valence-electron chi connectivity index (χ0n) is 10.9. The third kappa shape index (κ3) is 2.24. The quantitative estimate of drug-likeness (QED) is 0.660. The molecule has 0 spiro atoms. The summed E-state index contributed by atoms with van der Waals surface area (Å²) in [5.74, 6) is 0.608. The third-order valence-electron chi connectivity index (χ3n) is 3.15. The minimum Gasteiger partial charge on any atom is -0.436 e. The lowest BCUT2D eigenvalue weighted by Crippen LogP contribution is -1.85. The Kier molecular flexibility index (Phi) is 2.82. The lowest BCUT2D eigenvalue weighted by molar-refractivity contribution is 0.611. The molecule has 0 aliphatic rings. The number of rotatable bonds is 2. The molecule has 96 valence electrons. The summed E-state index contributed by atoms with van der Waals surface area (Å²) >= 11 is 0. The summed E-state index contributed by atoms with van der Waals surface area (Å²) in [4.78, 5) is 4.43. The molecule has 3 aromatic rings. The van der Waals surface area contributed by atoms with Gasteiger partial charge in [0.25, 0.3) is 0 Å². The van der Waals surface area contributed by atoms with Crippen molar-refractivity contribution < 1.29 is 8.81 Å². The van der Waals surface area contributed by atoms with Crippen LogP contribution in [0.5, 0.6) is 0 Å². The van der Waals surface area contributed by atoms with Crippen LogP contribution in [0.15, 0.2) is 46.9 Å². The highest BCUT2D eigenvalue weighted by atomic mass is 19.1. The van der Waals surface area contributed by atoms with E-state index in [-0.39, 0.29) is 5.82 Å². The van der Waals surface area contributed by atoms with Crippen LogP contribution in [-0.2, 0) is 0 Å². The van der Waals surface area contributed by atoms with E-state index in [1.807, 2.05) is 18.2 Å². The zero-order chi connectivity index (χ0) is 13.4. The Balaban J connectivity index is 2.11. The smallest absolute Gasteiger partial charge is 0.227 e. The lowest BCUT2D eigenvalue weighted by atomic mass is 10.0. The predicted octanol–water partition coefficient (Wildman–Crippen LogP) is 4.76. The van der Waals surface area contributed by atoms with Gasteiger partial charge in [-0.3, -0.25) is 0 Å². The van der Waals surface area contributed by atoms with E-state index >= 15 is 0 Å². The predicted molar refractivity (Wildman–Crippen MR) is 73.5 cm³/mol. The summed E-state index contributed by atoms with van der Waals surface area (Å²) in [6, 6.07) is 12.2. The van der Waals surface area contributed by atoms with E-state index in [2.05, 4.69) is 18.8 Å². The lowest BCUT2D eigenvalue weighted by Gasteiger charge is -2.02. The highest BCUT2D eigenvalue weighted by Crippen LogP contribution is 2.27. The summed E-state index contributed by atoms with van der Waals surface area (Å²) in [7, 11) is 0. The van der Waals surface area contributed by atoms with Gasteiger partial charge < -0.3 is 4.42 Å². The molecule has 0 atom stereocenters. The Morgan fingerprint density at radius 3 is 2.68 bits per heavy atom. The fraction of sp³-hybridized carbons (Fsp3) is 0.188. The van der Waals surface area contributed by atoms with Gasteiger partial charge in [-0.2, -0.15) is 0 Å². The van der Waals surface area contributed by atoms with Gasteiger partial charge in [0.05, 0.1) is 0 Å². The molecule has 0 aliphatic carbocycles. The molecular formula is C16H14FNO. The van der Waals surface area contributed by atoms with Gasteiger partial charge in [-0.25, -0.2) is 9.37 Å². The van der Waals surface area contributed by atoms with Crippen LogP contribution in [0.25, 0.3) is 22.6 Å². The van der Waals surface area contributed by atoms with Crippen molar-refractivity contribution in [2.24, 2.45) is 0 Å². The Hall–Kier alpha value is -2.16. The molecule has 0 radical (unpaired) electrons. The summed E-state index contributed by atoms with van der Waals surface area (Å²) in [6.07, 6.45) is 0. The third-order valence-corrected chi connectivity index (χ3v) is 3.15. The number of aromatic nitrogens is 1. The molecule has 1 aromatic heterocycles. The molecule has 0 fully saturated rings. The Morgan fingerprint density at radius 1 is 1.11 bits per heavy atom. The Labute approximate surface area is 110 Å². The van der Waals surface area contributed by atoms with Crippen LogP contribution in [0.1, 0.15) is 25.3 Å². The van der Waals surface area contributed by atoms with Crippen molar-refractivity contribution in [3.05, 3.63) is 53.8 Å². The molecule has 0 amide bonds. The van der Waals surface area contributed by atoms with Gasteiger partial charge in [0.1, 0.15) is 11.3 Å². The molecule has 2 nitrogen and oxygen atoms in total. The van der Waals surface area contributed by atoms with Crippen molar-refractivity contribution in [2.45, 2.75) is 19.8 Å². The normalized spacial score (nSPS) is 11.4. The van der Waals surface area contributed by atoms with Crippen molar-refractivity contribution in [1.82, 2.24) is 4.98 Å². The van der Waals surface area contributed by atoms with E-state index in [1.165, 1.54) is 17.7 Å². The fourth-order valence-corrected chi connectivity index (χ4v) is 2.05. The first-order valence-electron chi connectivity index (χ1n) is 6.30. The second kappa shape index (κ2) is 4.50. The largest absolute Gasteiger partial charge is 0.436 e. The molecule has 2 aromatic carbocycles. The van der Waals surface area contributed by atoms with Gasteiger partial charge in [-0.1, -0.05) is 26.0 Å². The van der Waals surface area contributed by atoms with Crippen molar-refractivity contribution in [1.29, 1.82) is 0 Å². The van der Waals surface area contributed by atoms with E-state index in [1.54, 1.807) is 12.1 Å². The molecule has 0 aliphatic heterocycles. The van der Waals surface area contributed by atoms with Gasteiger partial charge >= 0.3 is 0 Å². The molecular weight excluding hydrogens is 241 g/mol. The van der Waals surface area contributed by atoms with E-state index in [0.29, 0.717) is 17.4 Å². The molecule has 19 heavy (non-hydrogen) atoms. The van der Waals surface area contributed by atoms with Crippen LogP contribution in [0.3, 0.4) is 0 Å². The molecule has 3 rings (SSSR count). The van der Waals surface area contributed by atoms with Gasteiger partial charge in [0.15, 0.2) is 5.58 Å². The standard InChI is InChI=1S/C16H14FNO/c1-10(2)11-6-7-15-14(9-11)18-16(19-15)12-4-3-5-13(17)8-12/h3-10H,1-2H3. The highest BCUT2D eigenvalue weighted by molar-refractivity contribution is 5.77. The summed E-state index contributed by atoms with van der Waals surface area (Å²) < 4.78 is 18.9. The van der Waals surface area contributed by atoms with Gasteiger partial charge in [0.2, 0.25) is 5.89 Å². The topological polar surface area (TPSA) is 26.0 Å². The van der Waals surface area contributed by atoms with Crippen molar-refractivity contribution >= 4 is 11.1 Å². The number of hydrogen-bond acceptors (Lipinski definition) is 2. The monoisotopic (exact) mass is 255 g/mol. The van der Waals surface area contributed by atoms with Crippen LogP contribution in [0.2, 0.25) is 0 Å². The van der Waals surface area contributed by atoms with Gasteiger partial charge in [0, 0.05) is 5.56 Å². The Morgan fingerprint density at radius 2 is 1.95 bits per heavy atom. The first-order chi connectivity index (χ1) is 9.13. The summed E-state index contributed by atoms with van der Waals surface area (Å²) in [5, 5.41) is 0.